The van der Waals surface area contributed by atoms with Gasteiger partial charge in [0, 0.05) is 29.1 Å². The molecule has 0 amide bonds. The van der Waals surface area contributed by atoms with E-state index in [2.05, 4.69) is 78.7 Å². The maximum absolute atomic E-state index is 11.7. The second-order valence-electron chi connectivity index (χ2n) is 11.1. The van der Waals surface area contributed by atoms with Gasteiger partial charge < -0.3 is 4.90 Å². The van der Waals surface area contributed by atoms with Gasteiger partial charge in [0.1, 0.15) is 5.00 Å². The summed E-state index contributed by atoms with van der Waals surface area (Å²) in [6, 6.07) is 41.6. The minimum absolute atomic E-state index is 0.0799. The van der Waals surface area contributed by atoms with E-state index in [1.54, 1.807) is 11.3 Å². The van der Waals surface area contributed by atoms with Crippen molar-refractivity contribution < 1.29 is 9.59 Å². The van der Waals surface area contributed by atoms with Crippen molar-refractivity contribution in [2.75, 3.05) is 9.91 Å². The number of thiophene rings is 1. The van der Waals surface area contributed by atoms with Gasteiger partial charge in [-0.3, -0.25) is 9.59 Å². The summed E-state index contributed by atoms with van der Waals surface area (Å²) >= 11 is 1.67. The number of para-hydroxylation sites is 2. The lowest BCUT2D eigenvalue weighted by molar-refractivity contribution is -0.115. The van der Waals surface area contributed by atoms with E-state index in [1.807, 2.05) is 71.9 Å². The molecule has 0 spiro atoms. The number of hydrogen-bond acceptors (Lipinski definition) is 6. The third-order valence-electron chi connectivity index (χ3n) is 7.76. The van der Waals surface area contributed by atoms with Crippen molar-refractivity contribution in [1.29, 1.82) is 0 Å². The predicted molar refractivity (Wildman–Crippen MR) is 198 cm³/mol. The van der Waals surface area contributed by atoms with Crippen LogP contribution in [0.4, 0.5) is 27.8 Å². The molecule has 4 aromatic carbocycles. The number of rotatable bonds is 17. The molecule has 1 heterocycles. The lowest BCUT2D eigenvalue weighted by Crippen LogP contribution is -2.09. The van der Waals surface area contributed by atoms with E-state index >= 15 is 0 Å². The van der Waals surface area contributed by atoms with Crippen molar-refractivity contribution in [3.05, 3.63) is 163 Å². The van der Waals surface area contributed by atoms with Gasteiger partial charge in [0.25, 0.3) is 0 Å². The van der Waals surface area contributed by atoms with Gasteiger partial charge in [-0.15, -0.1) is 11.3 Å². The monoisotopic (exact) mass is 637 g/mol. The largest absolute Gasteiger partial charge is 0.302 e. The summed E-state index contributed by atoms with van der Waals surface area (Å²) < 4.78 is 0. The van der Waals surface area contributed by atoms with Crippen LogP contribution in [0.15, 0.2) is 152 Å². The van der Waals surface area contributed by atoms with Crippen LogP contribution >= 0.6 is 11.3 Å². The van der Waals surface area contributed by atoms with Gasteiger partial charge in [-0.25, -0.2) is 5.01 Å². The Morgan fingerprint density at radius 3 is 1.51 bits per heavy atom. The first-order valence-electron chi connectivity index (χ1n) is 15.9. The van der Waals surface area contributed by atoms with E-state index in [1.165, 1.54) is 23.3 Å². The number of anilines is 5. The number of nitrogens with zero attached hydrogens (tertiary/aromatic N) is 3. The molecule has 0 aliphatic rings. The first-order chi connectivity index (χ1) is 23.0. The Hall–Kier alpha value is -5.33. The number of carbonyl (C=O) groups is 2. The molecule has 5 rings (SSSR count). The topological polar surface area (TPSA) is 53.0 Å². The highest BCUT2D eigenvalue weighted by molar-refractivity contribution is 7.17. The highest BCUT2D eigenvalue weighted by Crippen LogP contribution is 2.39. The van der Waals surface area contributed by atoms with E-state index in [0.717, 1.165) is 58.3 Å². The quantitative estimate of drug-likeness (QED) is 0.0578. The molecule has 0 fully saturated rings. The Balaban J connectivity index is 1.40. The zero-order chi connectivity index (χ0) is 32.8. The van der Waals surface area contributed by atoms with Crippen LogP contribution in [-0.4, -0.2) is 17.8 Å². The van der Waals surface area contributed by atoms with Crippen LogP contribution in [0.25, 0.3) is 0 Å². The van der Waals surface area contributed by atoms with Crippen molar-refractivity contribution in [2.45, 2.75) is 38.5 Å². The molecule has 0 unspecified atom stereocenters. The van der Waals surface area contributed by atoms with Gasteiger partial charge in [-0.1, -0.05) is 73.8 Å². The molecule has 0 N–H and O–H groups in total. The molecule has 0 aliphatic heterocycles. The Morgan fingerprint density at radius 2 is 1.06 bits per heavy atom. The number of hydrogen-bond donors (Lipinski definition) is 0. The van der Waals surface area contributed by atoms with Crippen molar-refractivity contribution in [3.63, 3.8) is 0 Å². The SMILES string of the molecule is C=CC(=O)CCCc1ccc(N(c2ccc(CCCC(=O)C=C)cc2)c2ccc(C=NN(c3ccccc3)c3ccccc3)s2)cc1. The summed E-state index contributed by atoms with van der Waals surface area (Å²) in [7, 11) is 0. The summed E-state index contributed by atoms with van der Waals surface area (Å²) in [4.78, 5) is 26.6. The van der Waals surface area contributed by atoms with Crippen LogP contribution < -0.4 is 9.91 Å². The molecular weight excluding hydrogens is 599 g/mol. The smallest absolute Gasteiger partial charge is 0.155 e. The molecule has 0 atom stereocenters. The Kier molecular flexibility index (Phi) is 11.8. The van der Waals surface area contributed by atoms with Crippen LogP contribution in [-0.2, 0) is 22.4 Å². The predicted octanol–water partition coefficient (Wildman–Crippen LogP) is 10.5. The van der Waals surface area contributed by atoms with E-state index in [9.17, 15) is 9.59 Å². The first-order valence-corrected chi connectivity index (χ1v) is 16.7. The lowest BCUT2D eigenvalue weighted by atomic mass is 10.0. The lowest BCUT2D eigenvalue weighted by Gasteiger charge is -2.24. The molecule has 1 aromatic heterocycles. The number of carbonyl (C=O) groups excluding carboxylic acids is 2. The minimum Gasteiger partial charge on any atom is -0.302 e. The number of hydrazone groups is 1. The van der Waals surface area contributed by atoms with Gasteiger partial charge in [0.05, 0.1) is 17.6 Å². The fraction of sp³-hybridized carbons (Fsp3) is 0.146. The zero-order valence-electron chi connectivity index (χ0n) is 26.5. The molecule has 0 bridgehead atoms. The molecule has 236 valence electrons. The Labute approximate surface area is 281 Å². The number of ketones is 2. The highest BCUT2D eigenvalue weighted by Gasteiger charge is 2.15. The molecule has 0 saturated carbocycles. The van der Waals surface area contributed by atoms with E-state index in [0.29, 0.717) is 12.8 Å². The molecule has 5 nitrogen and oxygen atoms in total. The first kappa shape index (κ1) is 33.0. The summed E-state index contributed by atoms with van der Waals surface area (Å²) in [5, 5.41) is 7.92. The fourth-order valence-corrected chi connectivity index (χ4v) is 6.15. The number of aryl methyl sites for hydroxylation is 2. The normalized spacial score (nSPS) is 10.9. The Bertz CT molecular complexity index is 1680. The van der Waals surface area contributed by atoms with Gasteiger partial charge in [0.2, 0.25) is 0 Å². The van der Waals surface area contributed by atoms with Gasteiger partial charge >= 0.3 is 0 Å². The van der Waals surface area contributed by atoms with Crippen LogP contribution in [0.3, 0.4) is 0 Å². The number of benzene rings is 4. The number of allylic oxidation sites excluding steroid dienone is 2. The average molecular weight is 638 g/mol. The molecule has 47 heavy (non-hydrogen) atoms. The minimum atomic E-state index is 0.0799. The molecule has 5 aromatic rings. The Morgan fingerprint density at radius 1 is 0.596 bits per heavy atom. The molecular formula is C41H39N3O2S. The zero-order valence-corrected chi connectivity index (χ0v) is 27.3. The van der Waals surface area contributed by atoms with Crippen LogP contribution in [0.5, 0.6) is 0 Å². The second kappa shape index (κ2) is 16.8. The second-order valence-corrected chi connectivity index (χ2v) is 12.2. The summed E-state index contributed by atoms with van der Waals surface area (Å²) in [5.74, 6) is 0.160. The molecule has 0 saturated heterocycles. The fourth-order valence-electron chi connectivity index (χ4n) is 5.23. The van der Waals surface area contributed by atoms with Gasteiger partial charge in [0.15, 0.2) is 11.6 Å². The summed E-state index contributed by atoms with van der Waals surface area (Å²) in [6.07, 6.45) is 8.99. The summed E-state index contributed by atoms with van der Waals surface area (Å²) in [6.45, 7) is 7.15. The van der Waals surface area contributed by atoms with Crippen LogP contribution in [0.2, 0.25) is 0 Å². The molecule has 6 heteroatoms. The van der Waals surface area contributed by atoms with Crippen LogP contribution in [0, 0.1) is 0 Å². The van der Waals surface area contributed by atoms with E-state index in [4.69, 9.17) is 5.10 Å². The van der Waals surface area contributed by atoms with Crippen molar-refractivity contribution in [1.82, 2.24) is 0 Å². The van der Waals surface area contributed by atoms with Gasteiger partial charge in [-0.05, 0) is 110 Å². The van der Waals surface area contributed by atoms with Crippen molar-refractivity contribution in [2.24, 2.45) is 5.10 Å². The maximum Gasteiger partial charge on any atom is 0.155 e. The molecule has 0 aliphatic carbocycles. The molecule has 0 radical (unpaired) electrons. The third kappa shape index (κ3) is 9.35. The third-order valence-corrected chi connectivity index (χ3v) is 8.76. The highest BCUT2D eigenvalue weighted by atomic mass is 32.1. The van der Waals surface area contributed by atoms with Gasteiger partial charge in [-0.2, -0.15) is 5.10 Å². The standard InChI is InChI=1S/C41H39N3O2S/c1-3-38(45)19-11-13-32-21-25-34(26-22-32)43(35-27-23-33(24-28-35)14-12-20-39(46)4-2)41-30-29-40(47-41)31-42-44(36-15-7-5-8-16-36)37-17-9-6-10-18-37/h3-10,15-18,21-31H,1-2,11-14,19-20H2. The summed E-state index contributed by atoms with van der Waals surface area (Å²) in [5.41, 5.74) is 6.43. The van der Waals surface area contributed by atoms with Crippen molar-refractivity contribution in [3.8, 4) is 0 Å². The average Bonchev–Trinajstić information content (AvgIpc) is 3.58. The van der Waals surface area contributed by atoms with Crippen LogP contribution in [0.1, 0.15) is 41.7 Å². The maximum atomic E-state index is 11.7. The van der Waals surface area contributed by atoms with E-state index < -0.39 is 0 Å². The van der Waals surface area contributed by atoms with E-state index in [-0.39, 0.29) is 11.6 Å². The van der Waals surface area contributed by atoms with Crippen molar-refractivity contribution >= 4 is 56.9 Å².